The van der Waals surface area contributed by atoms with Crippen molar-refractivity contribution in [2.45, 2.75) is 18.7 Å². The minimum Gasteiger partial charge on any atom is -0.489 e. The first-order valence-corrected chi connectivity index (χ1v) is 6.11. The van der Waals surface area contributed by atoms with Crippen LogP contribution in [0.15, 0.2) is 12.1 Å². The lowest BCUT2D eigenvalue weighted by atomic mass is 10.3. The van der Waals surface area contributed by atoms with Gasteiger partial charge in [-0.1, -0.05) is 0 Å². The molecule has 0 bridgehead atoms. The van der Waals surface area contributed by atoms with Crippen molar-refractivity contribution < 1.29 is 9.47 Å². The zero-order valence-corrected chi connectivity index (χ0v) is 10.3. The molecule has 0 radical (unpaired) electrons. The lowest BCUT2D eigenvalue weighted by molar-refractivity contribution is 0.297. The van der Waals surface area contributed by atoms with E-state index >= 15 is 0 Å². The number of H-pyrrole nitrogens is 1. The van der Waals surface area contributed by atoms with Gasteiger partial charge in [0, 0.05) is 18.6 Å². The predicted molar refractivity (Wildman–Crippen MR) is 66.0 cm³/mol. The first-order chi connectivity index (χ1) is 8.24. The lowest BCUT2D eigenvalue weighted by Crippen LogP contribution is -1.97. The van der Waals surface area contributed by atoms with E-state index in [1.807, 2.05) is 19.1 Å². The summed E-state index contributed by atoms with van der Waals surface area (Å²) in [6.45, 7) is 3.25. The molecule has 1 aromatic heterocycles. The van der Waals surface area contributed by atoms with Crippen molar-refractivity contribution in [3.8, 4) is 11.5 Å². The van der Waals surface area contributed by atoms with Crippen molar-refractivity contribution in [3.63, 3.8) is 0 Å². The maximum absolute atomic E-state index is 6.00. The molecular formula is C12H13ClN2O2. The Morgan fingerprint density at radius 1 is 1.29 bits per heavy atom. The lowest BCUT2D eigenvalue weighted by Gasteiger charge is -2.05. The van der Waals surface area contributed by atoms with Crippen molar-refractivity contribution in [2.24, 2.45) is 0 Å². The van der Waals surface area contributed by atoms with Crippen LogP contribution in [-0.2, 0) is 0 Å². The van der Waals surface area contributed by atoms with Crippen LogP contribution >= 0.6 is 11.6 Å². The molecule has 0 saturated heterocycles. The Morgan fingerprint density at radius 3 is 2.71 bits per heavy atom. The van der Waals surface area contributed by atoms with Gasteiger partial charge in [-0.15, -0.1) is 11.6 Å². The Hall–Kier alpha value is -1.42. The van der Waals surface area contributed by atoms with Crippen LogP contribution in [0.5, 0.6) is 11.5 Å². The number of benzene rings is 1. The normalized spacial score (nSPS) is 16.8. The van der Waals surface area contributed by atoms with Gasteiger partial charge in [-0.3, -0.25) is 0 Å². The summed E-state index contributed by atoms with van der Waals surface area (Å²) in [7, 11) is 0. The molecular weight excluding hydrogens is 240 g/mol. The number of imidazole rings is 1. The number of nitrogens with zero attached hydrogens (tertiary/aromatic N) is 1. The van der Waals surface area contributed by atoms with Crippen LogP contribution in [0.25, 0.3) is 11.0 Å². The van der Waals surface area contributed by atoms with Crippen LogP contribution in [-0.4, -0.2) is 23.2 Å². The van der Waals surface area contributed by atoms with Gasteiger partial charge in [0.1, 0.15) is 5.82 Å². The average Bonchev–Trinajstić information content (AvgIpc) is 2.58. The average molecular weight is 253 g/mol. The summed E-state index contributed by atoms with van der Waals surface area (Å²) in [5.41, 5.74) is 1.79. The molecule has 5 heteroatoms. The van der Waals surface area contributed by atoms with Gasteiger partial charge < -0.3 is 14.5 Å². The summed E-state index contributed by atoms with van der Waals surface area (Å²) < 4.78 is 11.2. The molecule has 0 amide bonds. The van der Waals surface area contributed by atoms with Crippen LogP contribution in [0.2, 0.25) is 0 Å². The largest absolute Gasteiger partial charge is 0.489 e. The molecule has 3 rings (SSSR count). The molecule has 2 heterocycles. The van der Waals surface area contributed by atoms with Crippen molar-refractivity contribution in [2.75, 3.05) is 13.2 Å². The quantitative estimate of drug-likeness (QED) is 0.794. The molecule has 1 aromatic carbocycles. The Labute approximate surface area is 104 Å². The fourth-order valence-electron chi connectivity index (χ4n) is 1.87. The summed E-state index contributed by atoms with van der Waals surface area (Å²) in [6.07, 6.45) is 0.903. The topological polar surface area (TPSA) is 47.1 Å². The van der Waals surface area contributed by atoms with Crippen LogP contribution in [0.4, 0.5) is 0 Å². The molecule has 4 nitrogen and oxygen atoms in total. The number of aromatic nitrogens is 2. The number of ether oxygens (including phenoxy) is 2. The number of hydrogen-bond acceptors (Lipinski definition) is 3. The van der Waals surface area contributed by atoms with E-state index in [9.17, 15) is 0 Å². The Balaban J connectivity index is 2.12. The molecule has 1 atom stereocenters. The highest BCUT2D eigenvalue weighted by atomic mass is 35.5. The fourth-order valence-corrected chi connectivity index (χ4v) is 1.98. The molecule has 0 saturated carbocycles. The fraction of sp³-hybridized carbons (Fsp3) is 0.417. The maximum atomic E-state index is 6.00. The minimum absolute atomic E-state index is 0.135. The van der Waals surface area contributed by atoms with E-state index in [-0.39, 0.29) is 5.38 Å². The van der Waals surface area contributed by atoms with Crippen molar-refractivity contribution in [3.05, 3.63) is 18.0 Å². The third-order valence-electron chi connectivity index (χ3n) is 2.75. The second-order valence-electron chi connectivity index (χ2n) is 4.10. The number of halogens is 1. The van der Waals surface area contributed by atoms with Crippen LogP contribution in [0.3, 0.4) is 0 Å². The van der Waals surface area contributed by atoms with Crippen LogP contribution < -0.4 is 9.47 Å². The summed E-state index contributed by atoms with van der Waals surface area (Å²) in [6, 6.07) is 3.82. The zero-order chi connectivity index (χ0) is 11.8. The molecule has 1 N–H and O–H groups in total. The molecule has 1 unspecified atom stereocenters. The van der Waals surface area contributed by atoms with Crippen molar-refractivity contribution in [1.82, 2.24) is 9.97 Å². The van der Waals surface area contributed by atoms with Gasteiger partial charge in [0.05, 0.1) is 29.6 Å². The Bertz CT molecular complexity index is 508. The van der Waals surface area contributed by atoms with Crippen LogP contribution in [0.1, 0.15) is 24.5 Å². The summed E-state index contributed by atoms with van der Waals surface area (Å²) in [4.78, 5) is 7.61. The van der Waals surface area contributed by atoms with E-state index in [4.69, 9.17) is 21.1 Å². The Kier molecular flexibility index (Phi) is 2.59. The van der Waals surface area contributed by atoms with Gasteiger partial charge in [0.15, 0.2) is 11.5 Å². The van der Waals surface area contributed by atoms with Crippen molar-refractivity contribution in [1.29, 1.82) is 0 Å². The second-order valence-corrected chi connectivity index (χ2v) is 4.76. The molecule has 2 aromatic rings. The number of alkyl halides is 1. The molecule has 0 spiro atoms. The second kappa shape index (κ2) is 4.11. The standard InChI is InChI=1S/C12H13ClN2O2/c1-7(13)12-14-8-5-10-11(6-9(8)15-12)17-4-2-3-16-10/h5-7H,2-4H2,1H3,(H,14,15). The minimum atomic E-state index is -0.135. The monoisotopic (exact) mass is 252 g/mol. The van der Waals surface area contributed by atoms with E-state index in [1.54, 1.807) is 0 Å². The van der Waals surface area contributed by atoms with E-state index in [0.717, 1.165) is 34.8 Å². The third kappa shape index (κ3) is 1.93. The smallest absolute Gasteiger partial charge is 0.163 e. The van der Waals surface area contributed by atoms with E-state index in [2.05, 4.69) is 9.97 Å². The van der Waals surface area contributed by atoms with Gasteiger partial charge in [-0.25, -0.2) is 4.98 Å². The molecule has 0 fully saturated rings. The van der Waals surface area contributed by atoms with E-state index in [0.29, 0.717) is 13.2 Å². The molecule has 1 aliphatic rings. The number of fused-ring (bicyclic) bond motifs is 2. The highest BCUT2D eigenvalue weighted by molar-refractivity contribution is 6.20. The van der Waals surface area contributed by atoms with Gasteiger partial charge in [-0.05, 0) is 6.92 Å². The third-order valence-corrected chi connectivity index (χ3v) is 2.95. The number of hydrogen-bond donors (Lipinski definition) is 1. The van der Waals surface area contributed by atoms with Gasteiger partial charge in [-0.2, -0.15) is 0 Å². The SMILES string of the molecule is CC(Cl)c1nc2cc3c(cc2[nH]1)OCCCO3. The molecule has 1 aliphatic heterocycles. The first-order valence-electron chi connectivity index (χ1n) is 5.67. The first kappa shape index (κ1) is 10.7. The van der Waals surface area contributed by atoms with Crippen molar-refractivity contribution >= 4 is 22.6 Å². The van der Waals surface area contributed by atoms with Gasteiger partial charge >= 0.3 is 0 Å². The van der Waals surface area contributed by atoms with Gasteiger partial charge in [0.25, 0.3) is 0 Å². The highest BCUT2D eigenvalue weighted by Gasteiger charge is 2.15. The van der Waals surface area contributed by atoms with Gasteiger partial charge in [0.2, 0.25) is 0 Å². The number of nitrogens with one attached hydrogen (secondary N) is 1. The van der Waals surface area contributed by atoms with E-state index in [1.165, 1.54) is 0 Å². The van der Waals surface area contributed by atoms with Crippen LogP contribution in [0, 0.1) is 0 Å². The molecule has 90 valence electrons. The molecule has 17 heavy (non-hydrogen) atoms. The Morgan fingerprint density at radius 2 is 2.00 bits per heavy atom. The zero-order valence-electron chi connectivity index (χ0n) is 9.50. The molecule has 0 aliphatic carbocycles. The van der Waals surface area contributed by atoms with E-state index < -0.39 is 0 Å². The summed E-state index contributed by atoms with van der Waals surface area (Å²) in [5, 5.41) is -0.135. The highest BCUT2D eigenvalue weighted by Crippen LogP contribution is 2.34. The predicted octanol–water partition coefficient (Wildman–Crippen LogP) is 3.02. The summed E-state index contributed by atoms with van der Waals surface area (Å²) >= 11 is 6.00. The number of rotatable bonds is 1. The summed E-state index contributed by atoms with van der Waals surface area (Å²) in [5.74, 6) is 2.30. The number of aromatic amines is 1. The maximum Gasteiger partial charge on any atom is 0.163 e.